The molecule has 0 heterocycles. The van der Waals surface area contributed by atoms with Gasteiger partial charge in [0.25, 0.3) is 10.0 Å². The number of carboxylic acid groups (broad SMARTS) is 1. The zero-order valence-electron chi connectivity index (χ0n) is 15.8. The van der Waals surface area contributed by atoms with Crippen molar-refractivity contribution in [2.75, 3.05) is 4.72 Å². The lowest BCUT2D eigenvalue weighted by Gasteiger charge is -2.16. The fourth-order valence-corrected chi connectivity index (χ4v) is 3.70. The second-order valence-electron chi connectivity index (χ2n) is 6.42. The summed E-state index contributed by atoms with van der Waals surface area (Å²) in [4.78, 5) is 10.8. The molecule has 0 aliphatic heterocycles. The lowest BCUT2D eigenvalue weighted by atomic mass is 10.1. The Kier molecular flexibility index (Phi) is 6.21. The molecule has 0 fully saturated rings. The van der Waals surface area contributed by atoms with E-state index < -0.39 is 27.7 Å². The molecule has 0 saturated heterocycles. The van der Waals surface area contributed by atoms with Crippen LogP contribution in [-0.2, 0) is 22.8 Å². The minimum Gasteiger partial charge on any atom is -0.487 e. The number of benzene rings is 3. The zero-order chi connectivity index (χ0) is 22.6. The van der Waals surface area contributed by atoms with Gasteiger partial charge in [-0.1, -0.05) is 30.3 Å². The highest BCUT2D eigenvalue weighted by atomic mass is 32.2. The van der Waals surface area contributed by atoms with Gasteiger partial charge in [-0.15, -0.1) is 0 Å². The molecular formula is C21H16F3NO5S. The molecule has 3 aromatic carbocycles. The van der Waals surface area contributed by atoms with E-state index in [1.165, 1.54) is 48.5 Å². The molecule has 2 N–H and O–H groups in total. The summed E-state index contributed by atoms with van der Waals surface area (Å²) < 4.78 is 72.3. The highest BCUT2D eigenvalue weighted by Crippen LogP contribution is 2.36. The topological polar surface area (TPSA) is 92.7 Å². The van der Waals surface area contributed by atoms with Gasteiger partial charge >= 0.3 is 12.1 Å². The van der Waals surface area contributed by atoms with Gasteiger partial charge in [0.2, 0.25) is 0 Å². The molecule has 0 amide bonds. The second-order valence-corrected chi connectivity index (χ2v) is 8.10. The molecule has 0 aromatic heterocycles. The van der Waals surface area contributed by atoms with Crippen molar-refractivity contribution in [1.82, 2.24) is 0 Å². The van der Waals surface area contributed by atoms with Crippen LogP contribution in [0, 0.1) is 0 Å². The van der Waals surface area contributed by atoms with Crippen LogP contribution in [-0.4, -0.2) is 19.5 Å². The van der Waals surface area contributed by atoms with E-state index in [1.54, 1.807) is 6.07 Å². The normalized spacial score (nSPS) is 11.7. The first-order valence-electron chi connectivity index (χ1n) is 8.80. The Balaban J connectivity index is 1.90. The number of rotatable bonds is 7. The maximum atomic E-state index is 13.1. The Morgan fingerprint density at radius 2 is 1.61 bits per heavy atom. The largest absolute Gasteiger partial charge is 0.487 e. The van der Waals surface area contributed by atoms with Gasteiger partial charge < -0.3 is 9.84 Å². The number of anilines is 1. The lowest BCUT2D eigenvalue weighted by molar-refractivity contribution is -0.137. The number of sulfonamides is 1. The molecule has 3 rings (SSSR count). The Morgan fingerprint density at radius 1 is 0.968 bits per heavy atom. The van der Waals surface area contributed by atoms with Gasteiger partial charge in [0.1, 0.15) is 12.4 Å². The fraction of sp³-hybridized carbons (Fsp3) is 0.0952. The second kappa shape index (κ2) is 8.68. The number of aromatic carboxylic acids is 1. The van der Waals surface area contributed by atoms with E-state index in [1.807, 2.05) is 0 Å². The number of nitrogens with one attached hydrogen (secondary N) is 1. The van der Waals surface area contributed by atoms with Crippen LogP contribution in [0.25, 0.3) is 0 Å². The quantitative estimate of drug-likeness (QED) is 0.539. The molecule has 0 spiro atoms. The third-order valence-electron chi connectivity index (χ3n) is 4.20. The van der Waals surface area contributed by atoms with Crippen molar-refractivity contribution in [3.05, 3.63) is 89.5 Å². The molecule has 162 valence electrons. The molecule has 10 heteroatoms. The highest BCUT2D eigenvalue weighted by Gasteiger charge is 2.31. The number of ether oxygens (including phenoxy) is 1. The number of carboxylic acids is 1. The van der Waals surface area contributed by atoms with Crippen molar-refractivity contribution in [2.24, 2.45) is 0 Å². The minimum atomic E-state index is -4.65. The SMILES string of the molecule is O=C(O)c1ccc(COc2cc(C(F)(F)F)ccc2NS(=O)(=O)c2ccccc2)cc1. The van der Waals surface area contributed by atoms with Crippen LogP contribution >= 0.6 is 0 Å². The van der Waals surface area contributed by atoms with E-state index in [4.69, 9.17) is 9.84 Å². The van der Waals surface area contributed by atoms with E-state index in [0.717, 1.165) is 12.1 Å². The Morgan fingerprint density at radius 3 is 2.19 bits per heavy atom. The highest BCUT2D eigenvalue weighted by molar-refractivity contribution is 7.92. The predicted molar refractivity (Wildman–Crippen MR) is 106 cm³/mol. The fourth-order valence-electron chi connectivity index (χ4n) is 2.61. The number of hydrogen-bond acceptors (Lipinski definition) is 4. The summed E-state index contributed by atoms with van der Waals surface area (Å²) >= 11 is 0. The van der Waals surface area contributed by atoms with Crippen molar-refractivity contribution in [3.63, 3.8) is 0 Å². The van der Waals surface area contributed by atoms with Gasteiger partial charge in [-0.05, 0) is 48.0 Å². The van der Waals surface area contributed by atoms with Gasteiger partial charge in [-0.2, -0.15) is 13.2 Å². The molecule has 31 heavy (non-hydrogen) atoms. The Bertz CT molecular complexity index is 1180. The molecule has 0 atom stereocenters. The van der Waals surface area contributed by atoms with Crippen LogP contribution in [0.1, 0.15) is 21.5 Å². The maximum Gasteiger partial charge on any atom is 0.416 e. The third kappa shape index (κ3) is 5.54. The van der Waals surface area contributed by atoms with Crippen molar-refractivity contribution in [2.45, 2.75) is 17.7 Å². The molecule has 6 nitrogen and oxygen atoms in total. The van der Waals surface area contributed by atoms with Crippen LogP contribution in [0.2, 0.25) is 0 Å². The van der Waals surface area contributed by atoms with Gasteiger partial charge in [0.05, 0.1) is 21.7 Å². The predicted octanol–water partition coefficient (Wildman–Crippen LogP) is 4.78. The monoisotopic (exact) mass is 451 g/mol. The minimum absolute atomic E-state index is 0.0409. The first-order chi connectivity index (χ1) is 14.6. The summed E-state index contributed by atoms with van der Waals surface area (Å²) in [6.45, 7) is -0.207. The average Bonchev–Trinajstić information content (AvgIpc) is 2.73. The third-order valence-corrected chi connectivity index (χ3v) is 5.58. The molecule has 0 aliphatic rings. The van der Waals surface area contributed by atoms with Crippen molar-refractivity contribution in [1.29, 1.82) is 0 Å². The van der Waals surface area contributed by atoms with Crippen LogP contribution < -0.4 is 9.46 Å². The molecule has 3 aromatic rings. The molecule has 0 saturated carbocycles. The van der Waals surface area contributed by atoms with E-state index in [9.17, 15) is 26.4 Å². The number of hydrogen-bond donors (Lipinski definition) is 2. The van der Waals surface area contributed by atoms with Crippen molar-refractivity contribution in [3.8, 4) is 5.75 Å². The van der Waals surface area contributed by atoms with Crippen LogP contribution in [0.5, 0.6) is 5.75 Å². The smallest absolute Gasteiger partial charge is 0.416 e. The van der Waals surface area contributed by atoms with Crippen molar-refractivity contribution >= 4 is 21.7 Å². The van der Waals surface area contributed by atoms with Crippen LogP contribution in [0.4, 0.5) is 18.9 Å². The van der Waals surface area contributed by atoms with Crippen molar-refractivity contribution < 1.29 is 36.2 Å². The Labute approximate surface area is 176 Å². The average molecular weight is 451 g/mol. The van der Waals surface area contributed by atoms with Gasteiger partial charge in [0.15, 0.2) is 0 Å². The molecule has 0 radical (unpaired) electrons. The summed E-state index contributed by atoms with van der Waals surface area (Å²) in [7, 11) is -4.06. The molecule has 0 bridgehead atoms. The van der Waals surface area contributed by atoms with Gasteiger partial charge in [-0.3, -0.25) is 4.72 Å². The lowest BCUT2D eigenvalue weighted by Crippen LogP contribution is -2.14. The number of halogens is 3. The van der Waals surface area contributed by atoms with Gasteiger partial charge in [-0.25, -0.2) is 13.2 Å². The van der Waals surface area contributed by atoms with Gasteiger partial charge in [0, 0.05) is 0 Å². The van der Waals surface area contributed by atoms with E-state index in [2.05, 4.69) is 4.72 Å². The molecule has 0 aliphatic carbocycles. The number of carbonyl (C=O) groups is 1. The van der Waals surface area contributed by atoms with E-state index in [-0.39, 0.29) is 28.5 Å². The van der Waals surface area contributed by atoms with Crippen LogP contribution in [0.15, 0.2) is 77.7 Å². The molecule has 0 unspecified atom stereocenters. The summed E-state index contributed by atoms with van der Waals surface area (Å²) in [5.74, 6) is -1.44. The van der Waals surface area contributed by atoms with E-state index >= 15 is 0 Å². The summed E-state index contributed by atoms with van der Waals surface area (Å²) in [6.07, 6.45) is -4.65. The number of alkyl halides is 3. The van der Waals surface area contributed by atoms with Crippen LogP contribution in [0.3, 0.4) is 0 Å². The first-order valence-corrected chi connectivity index (χ1v) is 10.3. The van der Waals surface area contributed by atoms with E-state index in [0.29, 0.717) is 11.6 Å². The first kappa shape index (κ1) is 22.2. The maximum absolute atomic E-state index is 13.1. The summed E-state index contributed by atoms with van der Waals surface area (Å²) in [6, 6.07) is 15.3. The summed E-state index contributed by atoms with van der Waals surface area (Å²) in [5, 5.41) is 8.93. The standard InChI is InChI=1S/C21H16F3NO5S/c22-21(23,24)16-10-11-18(25-31(28,29)17-4-2-1-3-5-17)19(12-16)30-13-14-6-8-15(9-7-14)20(26)27/h1-12,25H,13H2,(H,26,27). The Hall–Kier alpha value is -3.53. The summed E-state index contributed by atoms with van der Waals surface area (Å²) in [5.41, 5.74) is -0.649. The zero-order valence-corrected chi connectivity index (χ0v) is 16.6. The molecular weight excluding hydrogens is 435 g/mol.